The molecule has 0 saturated heterocycles. The Labute approximate surface area is 206 Å². The van der Waals surface area contributed by atoms with E-state index in [0.29, 0.717) is 0 Å². The molecule has 190 valence electrons. The van der Waals surface area contributed by atoms with Gasteiger partial charge in [-0.2, -0.15) is 18.3 Å². The Kier molecular flexibility index (Phi) is 6.29. The molecule has 1 aromatic heterocycles. The summed E-state index contributed by atoms with van der Waals surface area (Å²) in [7, 11) is -3.60. The lowest BCUT2D eigenvalue weighted by Gasteiger charge is -2.12. The van der Waals surface area contributed by atoms with E-state index in [1.807, 2.05) is 0 Å². The second kappa shape index (κ2) is 9.13. The third-order valence-electron chi connectivity index (χ3n) is 5.38. The number of sulfone groups is 1. The molecule has 1 heterocycles. The van der Waals surface area contributed by atoms with Crippen LogP contribution in [0.15, 0.2) is 77.7 Å². The molecule has 3 aromatic carbocycles. The molecule has 0 bridgehead atoms. The van der Waals surface area contributed by atoms with Gasteiger partial charge >= 0.3 is 6.18 Å². The normalized spacial score (nSPS) is 11.9. The predicted molar refractivity (Wildman–Crippen MR) is 126 cm³/mol. The zero-order chi connectivity index (χ0) is 27.1. The first kappa shape index (κ1) is 25.5. The van der Waals surface area contributed by atoms with Crippen LogP contribution in [-0.4, -0.2) is 34.3 Å². The molecule has 4 rings (SSSR count). The van der Waals surface area contributed by atoms with Crippen LogP contribution in [0.25, 0.3) is 28.1 Å². The number of benzene rings is 3. The molecule has 0 unspecified atom stereocenters. The molecular formula is C23H15F3N4O6S. The monoisotopic (exact) mass is 532 g/mol. The second-order valence-corrected chi connectivity index (χ2v) is 9.87. The molecule has 0 aliphatic heterocycles. The molecule has 0 N–H and O–H groups in total. The summed E-state index contributed by atoms with van der Waals surface area (Å²) < 4.78 is 67.3. The van der Waals surface area contributed by atoms with Gasteiger partial charge in [-0.05, 0) is 42.0 Å². The van der Waals surface area contributed by atoms with E-state index in [0.717, 1.165) is 47.3 Å². The van der Waals surface area contributed by atoms with Crippen molar-refractivity contribution in [3.05, 3.63) is 98.7 Å². The van der Waals surface area contributed by atoms with Gasteiger partial charge in [0.2, 0.25) is 0 Å². The van der Waals surface area contributed by atoms with Crippen LogP contribution in [-0.2, 0) is 16.0 Å². The summed E-state index contributed by atoms with van der Waals surface area (Å²) in [6.45, 7) is 0. The van der Waals surface area contributed by atoms with E-state index in [4.69, 9.17) is 0 Å². The van der Waals surface area contributed by atoms with E-state index in [1.54, 1.807) is 0 Å². The Morgan fingerprint density at radius 3 is 1.68 bits per heavy atom. The van der Waals surface area contributed by atoms with E-state index < -0.39 is 37.1 Å². The fourth-order valence-corrected chi connectivity index (χ4v) is 4.30. The molecule has 0 fully saturated rings. The van der Waals surface area contributed by atoms with Gasteiger partial charge in [-0.3, -0.25) is 20.2 Å². The van der Waals surface area contributed by atoms with Gasteiger partial charge in [-0.25, -0.2) is 13.1 Å². The number of alkyl halides is 3. The van der Waals surface area contributed by atoms with Crippen molar-refractivity contribution in [1.82, 2.24) is 9.78 Å². The van der Waals surface area contributed by atoms with Gasteiger partial charge in [-0.15, -0.1) is 0 Å². The Morgan fingerprint density at radius 1 is 0.784 bits per heavy atom. The van der Waals surface area contributed by atoms with Crippen LogP contribution in [0.3, 0.4) is 0 Å². The van der Waals surface area contributed by atoms with Gasteiger partial charge in [0.15, 0.2) is 15.5 Å². The summed E-state index contributed by atoms with van der Waals surface area (Å²) in [6, 6.07) is 14.1. The van der Waals surface area contributed by atoms with E-state index in [1.165, 1.54) is 36.4 Å². The fourth-order valence-electron chi connectivity index (χ4n) is 3.67. The van der Waals surface area contributed by atoms with Crippen LogP contribution in [0.5, 0.6) is 0 Å². The van der Waals surface area contributed by atoms with Gasteiger partial charge in [0.1, 0.15) is 0 Å². The Bertz CT molecular complexity index is 1610. The third kappa shape index (κ3) is 5.04. The summed E-state index contributed by atoms with van der Waals surface area (Å²) in [5.41, 5.74) is -2.26. The smallest absolute Gasteiger partial charge is 0.258 e. The van der Waals surface area contributed by atoms with Gasteiger partial charge in [0.05, 0.1) is 26.1 Å². The van der Waals surface area contributed by atoms with Gasteiger partial charge in [0, 0.05) is 41.6 Å². The van der Waals surface area contributed by atoms with Crippen molar-refractivity contribution in [1.29, 1.82) is 0 Å². The standard InChI is InChI=1S/C23H15F3N4O6S/c1-37(35,36)19-12-4-15(5-13-19)21-20(14-2-6-17(7-3-14)29(31)32)22(23(24,25)26)27-28(21)16-8-10-18(11-9-16)30(33)34/h2-13H,1H3. The Hall–Kier alpha value is -4.59. The van der Waals surface area contributed by atoms with E-state index in [-0.39, 0.29) is 38.8 Å². The van der Waals surface area contributed by atoms with Gasteiger partial charge in [0.25, 0.3) is 11.4 Å². The zero-order valence-electron chi connectivity index (χ0n) is 18.7. The highest BCUT2D eigenvalue weighted by molar-refractivity contribution is 7.90. The second-order valence-electron chi connectivity index (χ2n) is 7.86. The quantitative estimate of drug-likeness (QED) is 0.238. The van der Waals surface area contributed by atoms with Crippen molar-refractivity contribution < 1.29 is 31.4 Å². The minimum atomic E-state index is -4.95. The molecule has 0 radical (unpaired) electrons. The van der Waals surface area contributed by atoms with E-state index >= 15 is 0 Å². The highest BCUT2D eigenvalue weighted by atomic mass is 32.2. The van der Waals surface area contributed by atoms with Gasteiger partial charge in [-0.1, -0.05) is 12.1 Å². The summed E-state index contributed by atoms with van der Waals surface area (Å²) in [5.74, 6) is 0. The Balaban J connectivity index is 2.05. The Morgan fingerprint density at radius 2 is 1.24 bits per heavy atom. The van der Waals surface area contributed by atoms with E-state index in [2.05, 4.69) is 5.10 Å². The topological polar surface area (TPSA) is 138 Å². The molecule has 0 amide bonds. The van der Waals surface area contributed by atoms with Crippen LogP contribution in [0.4, 0.5) is 24.5 Å². The van der Waals surface area contributed by atoms with Crippen molar-refractivity contribution in [3.8, 4) is 28.1 Å². The summed E-state index contributed by atoms with van der Waals surface area (Å²) >= 11 is 0. The zero-order valence-corrected chi connectivity index (χ0v) is 19.5. The first-order chi connectivity index (χ1) is 17.3. The molecule has 0 saturated carbocycles. The first-order valence-corrected chi connectivity index (χ1v) is 12.2. The summed E-state index contributed by atoms with van der Waals surface area (Å²) in [6.07, 6.45) is -3.97. The van der Waals surface area contributed by atoms with Crippen molar-refractivity contribution in [2.45, 2.75) is 11.1 Å². The first-order valence-electron chi connectivity index (χ1n) is 10.3. The lowest BCUT2D eigenvalue weighted by Crippen LogP contribution is -2.08. The highest BCUT2D eigenvalue weighted by Gasteiger charge is 2.40. The minimum Gasteiger partial charge on any atom is -0.258 e. The summed E-state index contributed by atoms with van der Waals surface area (Å²) in [5, 5.41) is 25.9. The number of nitro groups is 2. The maximum atomic E-state index is 14.2. The minimum absolute atomic E-state index is 0.0340. The maximum absolute atomic E-state index is 14.2. The molecule has 4 aromatic rings. The van der Waals surface area contributed by atoms with Crippen LogP contribution in [0.2, 0.25) is 0 Å². The van der Waals surface area contributed by atoms with Crippen LogP contribution < -0.4 is 0 Å². The molecule has 37 heavy (non-hydrogen) atoms. The lowest BCUT2D eigenvalue weighted by molar-refractivity contribution is -0.385. The molecule has 0 aliphatic rings. The maximum Gasteiger partial charge on any atom is 0.435 e. The average Bonchev–Trinajstić information content (AvgIpc) is 3.25. The number of nitro benzene ring substituents is 2. The number of rotatable bonds is 6. The van der Waals surface area contributed by atoms with E-state index in [9.17, 15) is 41.8 Å². The molecule has 0 atom stereocenters. The third-order valence-corrected chi connectivity index (χ3v) is 6.51. The fraction of sp³-hybridized carbons (Fsp3) is 0.0870. The number of halogens is 3. The van der Waals surface area contributed by atoms with Crippen LogP contribution >= 0.6 is 0 Å². The van der Waals surface area contributed by atoms with Crippen LogP contribution in [0, 0.1) is 20.2 Å². The van der Waals surface area contributed by atoms with Gasteiger partial charge < -0.3 is 0 Å². The lowest BCUT2D eigenvalue weighted by atomic mass is 9.98. The molecular weight excluding hydrogens is 517 g/mol. The SMILES string of the molecule is CS(=O)(=O)c1ccc(-c2c(-c3ccc([N+](=O)[O-])cc3)c(C(F)(F)F)nn2-c2ccc([N+](=O)[O-])cc2)cc1. The van der Waals surface area contributed by atoms with Crippen molar-refractivity contribution in [2.75, 3.05) is 6.26 Å². The number of aromatic nitrogens is 2. The molecule has 0 spiro atoms. The van der Waals surface area contributed by atoms with Crippen molar-refractivity contribution >= 4 is 21.2 Å². The molecule has 0 aliphatic carbocycles. The highest BCUT2D eigenvalue weighted by Crippen LogP contribution is 2.44. The molecule has 14 heteroatoms. The van der Waals surface area contributed by atoms with Crippen LogP contribution in [0.1, 0.15) is 5.69 Å². The van der Waals surface area contributed by atoms with Crippen molar-refractivity contribution in [2.24, 2.45) is 0 Å². The molecule has 10 nitrogen and oxygen atoms in total. The number of nitrogens with zero attached hydrogens (tertiary/aromatic N) is 4. The predicted octanol–water partition coefficient (Wildman–Crippen LogP) is 5.45. The largest absolute Gasteiger partial charge is 0.435 e. The number of hydrogen-bond acceptors (Lipinski definition) is 7. The number of non-ortho nitro benzene ring substituents is 2. The summed E-state index contributed by atoms with van der Waals surface area (Å²) in [4.78, 5) is 20.7. The van der Waals surface area contributed by atoms with Crippen molar-refractivity contribution in [3.63, 3.8) is 0 Å². The number of hydrogen-bond donors (Lipinski definition) is 0. The average molecular weight is 532 g/mol.